The van der Waals surface area contributed by atoms with Gasteiger partial charge in [0.25, 0.3) is 0 Å². The molecular weight excluding hydrogens is 229 g/mol. The van der Waals surface area contributed by atoms with Gasteiger partial charge >= 0.3 is 11.9 Å². The summed E-state index contributed by atoms with van der Waals surface area (Å²) in [5.74, 6) is -2.15. The molecule has 0 saturated carbocycles. The van der Waals surface area contributed by atoms with Gasteiger partial charge in [-0.1, -0.05) is 0 Å². The average molecular weight is 241 g/mol. The Morgan fingerprint density at radius 2 is 2.06 bits per heavy atom. The first-order valence-electron chi connectivity index (χ1n) is 4.92. The Balaban J connectivity index is 2.64. The van der Waals surface area contributed by atoms with Crippen molar-refractivity contribution >= 4 is 17.6 Å². The highest BCUT2D eigenvalue weighted by Crippen LogP contribution is 2.14. The topological polar surface area (TPSA) is 78.6 Å². The fraction of sp³-hybridized carbons (Fsp3) is 0.273. The number of hydrogen-bond acceptors (Lipinski definition) is 5. The monoisotopic (exact) mass is 241 g/mol. The lowest BCUT2D eigenvalue weighted by Crippen LogP contribution is -2.17. The Bertz CT molecular complexity index is 433. The lowest BCUT2D eigenvalue weighted by molar-refractivity contribution is -0.146. The summed E-state index contributed by atoms with van der Waals surface area (Å²) in [5, 5.41) is 0. The van der Waals surface area contributed by atoms with E-state index in [0.717, 1.165) is 12.1 Å². The summed E-state index contributed by atoms with van der Waals surface area (Å²) in [5.41, 5.74) is 5.44. The molecule has 0 aromatic heterocycles. The van der Waals surface area contributed by atoms with Crippen molar-refractivity contribution in [3.63, 3.8) is 0 Å². The van der Waals surface area contributed by atoms with Gasteiger partial charge in [-0.3, -0.25) is 0 Å². The van der Waals surface area contributed by atoms with Gasteiger partial charge in [0.1, 0.15) is 5.82 Å². The molecule has 1 aromatic carbocycles. The van der Waals surface area contributed by atoms with Gasteiger partial charge in [-0.05, 0) is 25.1 Å². The van der Waals surface area contributed by atoms with Crippen LogP contribution in [0.3, 0.4) is 0 Å². The molecule has 1 aromatic rings. The molecule has 0 fully saturated rings. The molecule has 5 nitrogen and oxygen atoms in total. The zero-order chi connectivity index (χ0) is 12.8. The summed E-state index contributed by atoms with van der Waals surface area (Å²) in [6.45, 7) is 1.30. The van der Waals surface area contributed by atoms with Crippen LogP contribution in [0.25, 0.3) is 0 Å². The number of nitrogen functional groups attached to an aromatic ring is 1. The molecule has 0 unspecified atom stereocenters. The number of anilines is 1. The summed E-state index contributed by atoms with van der Waals surface area (Å²) in [7, 11) is 0. The predicted molar refractivity (Wildman–Crippen MR) is 57.7 cm³/mol. The lowest BCUT2D eigenvalue weighted by atomic mass is 10.2. The lowest BCUT2D eigenvalue weighted by Gasteiger charge is -2.06. The zero-order valence-electron chi connectivity index (χ0n) is 9.23. The molecule has 0 heterocycles. The number of esters is 2. The van der Waals surface area contributed by atoms with Gasteiger partial charge in [0.15, 0.2) is 6.61 Å². The first-order chi connectivity index (χ1) is 8.04. The van der Waals surface area contributed by atoms with E-state index in [4.69, 9.17) is 5.73 Å². The molecule has 0 saturated heterocycles. The largest absolute Gasteiger partial charge is 0.463 e. The number of ether oxygens (including phenoxy) is 2. The predicted octanol–water partition coefficient (Wildman–Crippen LogP) is 1.13. The van der Waals surface area contributed by atoms with Gasteiger partial charge in [-0.15, -0.1) is 0 Å². The van der Waals surface area contributed by atoms with Crippen LogP contribution in [0.15, 0.2) is 18.2 Å². The highest BCUT2D eigenvalue weighted by Gasteiger charge is 2.14. The highest BCUT2D eigenvalue weighted by molar-refractivity contribution is 5.95. The van der Waals surface area contributed by atoms with Crippen molar-refractivity contribution in [2.24, 2.45) is 0 Å². The van der Waals surface area contributed by atoms with Crippen molar-refractivity contribution in [2.45, 2.75) is 6.92 Å². The average Bonchev–Trinajstić information content (AvgIpc) is 2.29. The standard InChI is InChI=1S/C11H12FNO4/c1-2-16-10(14)6-17-11(15)8-5-7(12)3-4-9(8)13/h3-5H,2,6,13H2,1H3. The maximum absolute atomic E-state index is 12.9. The quantitative estimate of drug-likeness (QED) is 0.631. The summed E-state index contributed by atoms with van der Waals surface area (Å²) in [6.07, 6.45) is 0. The molecule has 92 valence electrons. The molecular formula is C11H12FNO4. The van der Waals surface area contributed by atoms with Crippen LogP contribution in [0.1, 0.15) is 17.3 Å². The fourth-order valence-corrected chi connectivity index (χ4v) is 1.11. The van der Waals surface area contributed by atoms with Crippen LogP contribution >= 0.6 is 0 Å². The van der Waals surface area contributed by atoms with E-state index in [0.29, 0.717) is 0 Å². The molecule has 0 amide bonds. The first-order valence-corrected chi connectivity index (χ1v) is 4.92. The maximum atomic E-state index is 12.9. The minimum absolute atomic E-state index is 0.0836. The summed E-state index contributed by atoms with van der Waals surface area (Å²) in [4.78, 5) is 22.4. The van der Waals surface area contributed by atoms with Crippen LogP contribution in [0.4, 0.5) is 10.1 Å². The van der Waals surface area contributed by atoms with Crippen molar-refractivity contribution in [3.05, 3.63) is 29.6 Å². The van der Waals surface area contributed by atoms with Gasteiger partial charge in [0, 0.05) is 5.69 Å². The Kier molecular flexibility index (Phi) is 4.45. The molecule has 0 aliphatic rings. The van der Waals surface area contributed by atoms with E-state index in [-0.39, 0.29) is 17.9 Å². The number of carbonyl (C=O) groups is 2. The molecule has 6 heteroatoms. The third kappa shape index (κ3) is 3.75. The molecule has 0 atom stereocenters. The van der Waals surface area contributed by atoms with Crippen molar-refractivity contribution in [3.8, 4) is 0 Å². The van der Waals surface area contributed by atoms with E-state index in [1.54, 1.807) is 6.92 Å². The second-order valence-corrected chi connectivity index (χ2v) is 3.11. The van der Waals surface area contributed by atoms with Crippen LogP contribution in [-0.4, -0.2) is 25.2 Å². The number of benzene rings is 1. The second kappa shape index (κ2) is 5.83. The van der Waals surface area contributed by atoms with E-state index < -0.39 is 24.4 Å². The molecule has 1 rings (SSSR count). The van der Waals surface area contributed by atoms with E-state index in [1.165, 1.54) is 6.07 Å². The molecule has 0 spiro atoms. The Labute approximate surface area is 97.3 Å². The van der Waals surface area contributed by atoms with Crippen LogP contribution in [0.2, 0.25) is 0 Å². The van der Waals surface area contributed by atoms with Crippen LogP contribution in [0, 0.1) is 5.82 Å². The summed E-state index contributed by atoms with van der Waals surface area (Å²) >= 11 is 0. The van der Waals surface area contributed by atoms with Crippen molar-refractivity contribution in [1.29, 1.82) is 0 Å². The minimum Gasteiger partial charge on any atom is -0.463 e. The van der Waals surface area contributed by atoms with E-state index in [1.807, 2.05) is 0 Å². The maximum Gasteiger partial charge on any atom is 0.344 e. The van der Waals surface area contributed by atoms with Crippen LogP contribution in [0.5, 0.6) is 0 Å². The van der Waals surface area contributed by atoms with Crippen LogP contribution in [-0.2, 0) is 14.3 Å². The normalized spacial score (nSPS) is 9.76. The van der Waals surface area contributed by atoms with Gasteiger partial charge in [-0.25, -0.2) is 14.0 Å². The number of nitrogens with two attached hydrogens (primary N) is 1. The van der Waals surface area contributed by atoms with Gasteiger partial charge in [-0.2, -0.15) is 0 Å². The SMILES string of the molecule is CCOC(=O)COC(=O)c1cc(F)ccc1N. The third-order valence-corrected chi connectivity index (χ3v) is 1.86. The molecule has 17 heavy (non-hydrogen) atoms. The first kappa shape index (κ1) is 13.0. The van der Waals surface area contributed by atoms with Crippen LogP contribution < -0.4 is 5.73 Å². The minimum atomic E-state index is -0.866. The van der Waals surface area contributed by atoms with Crippen molar-refractivity contribution in [2.75, 3.05) is 18.9 Å². The summed E-state index contributed by atoms with van der Waals surface area (Å²) in [6, 6.07) is 3.32. The molecule has 2 N–H and O–H groups in total. The highest BCUT2D eigenvalue weighted by atomic mass is 19.1. The van der Waals surface area contributed by atoms with Gasteiger partial charge in [0.2, 0.25) is 0 Å². The van der Waals surface area contributed by atoms with Crippen molar-refractivity contribution in [1.82, 2.24) is 0 Å². The van der Waals surface area contributed by atoms with E-state index in [9.17, 15) is 14.0 Å². The number of halogens is 1. The smallest absolute Gasteiger partial charge is 0.344 e. The van der Waals surface area contributed by atoms with E-state index in [2.05, 4.69) is 9.47 Å². The molecule has 0 aliphatic heterocycles. The van der Waals surface area contributed by atoms with E-state index >= 15 is 0 Å². The molecule has 0 radical (unpaired) electrons. The Morgan fingerprint density at radius 3 is 2.71 bits per heavy atom. The zero-order valence-corrected chi connectivity index (χ0v) is 9.23. The number of hydrogen-bond donors (Lipinski definition) is 1. The molecule has 0 aliphatic carbocycles. The Morgan fingerprint density at radius 1 is 1.35 bits per heavy atom. The van der Waals surface area contributed by atoms with Gasteiger partial charge in [0.05, 0.1) is 12.2 Å². The summed E-state index contributed by atoms with van der Waals surface area (Å²) < 4.78 is 22.1. The van der Waals surface area contributed by atoms with Crippen molar-refractivity contribution < 1.29 is 23.5 Å². The third-order valence-electron chi connectivity index (χ3n) is 1.86. The number of rotatable bonds is 4. The van der Waals surface area contributed by atoms with Gasteiger partial charge < -0.3 is 15.2 Å². The molecule has 0 bridgehead atoms. The second-order valence-electron chi connectivity index (χ2n) is 3.11. The fourth-order valence-electron chi connectivity index (χ4n) is 1.11. The number of carbonyl (C=O) groups excluding carboxylic acids is 2. The Hall–Kier alpha value is -2.11.